The third-order valence-corrected chi connectivity index (χ3v) is 3.30. The first kappa shape index (κ1) is 13.0. The van der Waals surface area contributed by atoms with E-state index in [9.17, 15) is 9.59 Å². The fourth-order valence-corrected chi connectivity index (χ4v) is 2.00. The normalized spacial score (nSPS) is 14.3. The van der Waals surface area contributed by atoms with Crippen molar-refractivity contribution in [2.75, 3.05) is 11.9 Å². The number of hydrogen-bond donors (Lipinski definition) is 3. The molecule has 0 atom stereocenters. The molecule has 18 heavy (non-hydrogen) atoms. The van der Waals surface area contributed by atoms with Crippen LogP contribution in [0.4, 0.5) is 5.69 Å². The first-order chi connectivity index (χ1) is 8.58. The summed E-state index contributed by atoms with van der Waals surface area (Å²) in [5.41, 5.74) is 0.372. The molecule has 1 aromatic carbocycles. The minimum atomic E-state index is -1.07. The minimum Gasteiger partial charge on any atom is -0.478 e. The zero-order chi connectivity index (χ0) is 13.1. The summed E-state index contributed by atoms with van der Waals surface area (Å²) < 4.78 is 0.558. The second-order valence-corrected chi connectivity index (χ2v) is 5.03. The summed E-state index contributed by atoms with van der Waals surface area (Å²) in [7, 11) is 0. The quantitative estimate of drug-likeness (QED) is 0.775. The molecular formula is C12H13BrN2O3. The molecule has 1 fully saturated rings. The van der Waals surface area contributed by atoms with E-state index in [1.54, 1.807) is 12.1 Å². The number of carbonyl (C=O) groups is 2. The Morgan fingerprint density at radius 1 is 1.39 bits per heavy atom. The molecule has 0 aromatic heterocycles. The van der Waals surface area contributed by atoms with Crippen LogP contribution in [0, 0.1) is 0 Å². The van der Waals surface area contributed by atoms with E-state index < -0.39 is 5.97 Å². The number of benzene rings is 1. The molecule has 1 saturated carbocycles. The number of rotatable bonds is 5. The topological polar surface area (TPSA) is 78.4 Å². The van der Waals surface area contributed by atoms with Crippen LogP contribution < -0.4 is 10.6 Å². The van der Waals surface area contributed by atoms with Gasteiger partial charge >= 0.3 is 5.97 Å². The predicted molar refractivity (Wildman–Crippen MR) is 70.8 cm³/mol. The average Bonchev–Trinajstić information content (AvgIpc) is 3.12. The molecule has 0 bridgehead atoms. The Kier molecular flexibility index (Phi) is 3.98. The summed E-state index contributed by atoms with van der Waals surface area (Å²) >= 11 is 3.24. The van der Waals surface area contributed by atoms with Gasteiger partial charge in [0.2, 0.25) is 5.91 Å². The maximum atomic E-state index is 11.7. The molecule has 96 valence electrons. The van der Waals surface area contributed by atoms with Crippen LogP contribution in [0.2, 0.25) is 0 Å². The lowest BCUT2D eigenvalue weighted by Gasteiger charge is -2.10. The molecule has 2 rings (SSSR count). The second kappa shape index (κ2) is 5.49. The third kappa shape index (κ3) is 3.30. The fourth-order valence-electron chi connectivity index (χ4n) is 1.54. The molecular weight excluding hydrogens is 300 g/mol. The van der Waals surface area contributed by atoms with E-state index in [-0.39, 0.29) is 18.0 Å². The average molecular weight is 313 g/mol. The number of carboxylic acids is 1. The van der Waals surface area contributed by atoms with Crippen LogP contribution in [0.3, 0.4) is 0 Å². The molecule has 0 heterocycles. The maximum absolute atomic E-state index is 11.7. The number of amides is 1. The Hall–Kier alpha value is -1.40. The Labute approximate surface area is 113 Å². The van der Waals surface area contributed by atoms with Gasteiger partial charge in [0.15, 0.2) is 0 Å². The number of carbonyl (C=O) groups excluding carboxylic acids is 1. The van der Waals surface area contributed by atoms with Crippen molar-refractivity contribution in [1.29, 1.82) is 0 Å². The molecule has 1 amide bonds. The van der Waals surface area contributed by atoms with Gasteiger partial charge in [-0.25, -0.2) is 4.79 Å². The lowest BCUT2D eigenvalue weighted by molar-refractivity contribution is -0.115. The highest BCUT2D eigenvalue weighted by molar-refractivity contribution is 9.10. The van der Waals surface area contributed by atoms with E-state index in [0.717, 1.165) is 12.8 Å². The monoisotopic (exact) mass is 312 g/mol. The van der Waals surface area contributed by atoms with E-state index in [4.69, 9.17) is 5.11 Å². The molecule has 0 spiro atoms. The fraction of sp³-hybridized carbons (Fsp3) is 0.333. The second-order valence-electron chi connectivity index (χ2n) is 4.17. The summed E-state index contributed by atoms with van der Waals surface area (Å²) in [5, 5.41) is 14.7. The SMILES string of the molecule is O=C(CNC1CC1)Nc1c(Br)cccc1C(=O)O. The van der Waals surface area contributed by atoms with Crippen LogP contribution in [-0.4, -0.2) is 29.6 Å². The van der Waals surface area contributed by atoms with Crippen LogP contribution in [-0.2, 0) is 4.79 Å². The zero-order valence-electron chi connectivity index (χ0n) is 9.57. The van der Waals surface area contributed by atoms with E-state index in [2.05, 4.69) is 26.6 Å². The molecule has 0 unspecified atom stereocenters. The van der Waals surface area contributed by atoms with Crippen LogP contribution in [0.25, 0.3) is 0 Å². The van der Waals surface area contributed by atoms with E-state index in [0.29, 0.717) is 16.2 Å². The molecule has 0 saturated heterocycles. The maximum Gasteiger partial charge on any atom is 0.337 e. The van der Waals surface area contributed by atoms with Crippen LogP contribution in [0.15, 0.2) is 22.7 Å². The van der Waals surface area contributed by atoms with Crippen molar-refractivity contribution in [2.45, 2.75) is 18.9 Å². The summed E-state index contributed by atoms with van der Waals surface area (Å²) in [6.07, 6.45) is 2.20. The smallest absolute Gasteiger partial charge is 0.337 e. The van der Waals surface area contributed by atoms with Crippen molar-refractivity contribution in [3.05, 3.63) is 28.2 Å². The van der Waals surface area contributed by atoms with E-state index in [1.165, 1.54) is 6.07 Å². The Morgan fingerprint density at radius 3 is 2.72 bits per heavy atom. The van der Waals surface area contributed by atoms with Crippen molar-refractivity contribution in [3.63, 3.8) is 0 Å². The summed E-state index contributed by atoms with van der Waals surface area (Å²) in [5.74, 6) is -1.31. The minimum absolute atomic E-state index is 0.0733. The number of hydrogen-bond acceptors (Lipinski definition) is 3. The van der Waals surface area contributed by atoms with E-state index >= 15 is 0 Å². The molecule has 3 N–H and O–H groups in total. The van der Waals surface area contributed by atoms with Gasteiger partial charge in [0.25, 0.3) is 0 Å². The van der Waals surface area contributed by atoms with Crippen molar-refractivity contribution in [1.82, 2.24) is 5.32 Å². The van der Waals surface area contributed by atoms with Crippen molar-refractivity contribution in [3.8, 4) is 0 Å². The van der Waals surface area contributed by atoms with Gasteiger partial charge in [-0.1, -0.05) is 6.07 Å². The standard InChI is InChI=1S/C12H13BrN2O3/c13-9-3-1-2-8(12(17)18)11(9)15-10(16)6-14-7-4-5-7/h1-3,7,14H,4-6H2,(H,15,16)(H,17,18). The Morgan fingerprint density at radius 2 is 2.11 bits per heavy atom. The lowest BCUT2D eigenvalue weighted by Crippen LogP contribution is -2.30. The molecule has 1 aliphatic rings. The number of para-hydroxylation sites is 1. The van der Waals surface area contributed by atoms with Crippen LogP contribution in [0.1, 0.15) is 23.2 Å². The van der Waals surface area contributed by atoms with Gasteiger partial charge in [-0.2, -0.15) is 0 Å². The van der Waals surface area contributed by atoms with Gasteiger partial charge in [0.1, 0.15) is 0 Å². The van der Waals surface area contributed by atoms with Crippen molar-refractivity contribution >= 4 is 33.5 Å². The molecule has 1 aromatic rings. The molecule has 0 aliphatic heterocycles. The van der Waals surface area contributed by atoms with Gasteiger partial charge in [-0.3, -0.25) is 4.79 Å². The first-order valence-corrected chi connectivity index (χ1v) is 6.42. The number of aromatic carboxylic acids is 1. The highest BCUT2D eigenvalue weighted by Gasteiger charge is 2.22. The molecule has 6 heteroatoms. The van der Waals surface area contributed by atoms with Gasteiger partial charge in [0, 0.05) is 10.5 Å². The molecule has 5 nitrogen and oxygen atoms in total. The highest BCUT2D eigenvalue weighted by Crippen LogP contribution is 2.26. The molecule has 0 radical (unpaired) electrons. The number of halogens is 1. The van der Waals surface area contributed by atoms with Gasteiger partial charge in [0.05, 0.1) is 17.8 Å². The number of carboxylic acid groups (broad SMARTS) is 1. The lowest BCUT2D eigenvalue weighted by atomic mass is 10.2. The van der Waals surface area contributed by atoms with Gasteiger partial charge in [-0.15, -0.1) is 0 Å². The highest BCUT2D eigenvalue weighted by atomic mass is 79.9. The third-order valence-electron chi connectivity index (χ3n) is 2.64. The van der Waals surface area contributed by atoms with Gasteiger partial charge in [-0.05, 0) is 40.9 Å². The van der Waals surface area contributed by atoms with Crippen LogP contribution in [0.5, 0.6) is 0 Å². The summed E-state index contributed by atoms with van der Waals surface area (Å²) in [6.45, 7) is 0.199. The van der Waals surface area contributed by atoms with Crippen LogP contribution >= 0.6 is 15.9 Å². The van der Waals surface area contributed by atoms with Crippen molar-refractivity contribution < 1.29 is 14.7 Å². The van der Waals surface area contributed by atoms with Gasteiger partial charge < -0.3 is 15.7 Å². The summed E-state index contributed by atoms with van der Waals surface area (Å²) in [6, 6.07) is 5.20. The van der Waals surface area contributed by atoms with E-state index in [1.807, 2.05) is 0 Å². The Bertz CT molecular complexity index is 486. The largest absolute Gasteiger partial charge is 0.478 e. The molecule has 1 aliphatic carbocycles. The Balaban J connectivity index is 2.06. The summed E-state index contributed by atoms with van der Waals surface area (Å²) in [4.78, 5) is 22.7. The number of anilines is 1. The van der Waals surface area contributed by atoms with Crippen molar-refractivity contribution in [2.24, 2.45) is 0 Å². The zero-order valence-corrected chi connectivity index (χ0v) is 11.2. The number of nitrogens with one attached hydrogen (secondary N) is 2. The predicted octanol–water partition coefficient (Wildman–Crippen LogP) is 1.84. The first-order valence-electron chi connectivity index (χ1n) is 5.63.